The zero-order valence-corrected chi connectivity index (χ0v) is 12.8. The fourth-order valence-electron chi connectivity index (χ4n) is 1.80. The quantitative estimate of drug-likeness (QED) is 0.844. The van der Waals surface area contributed by atoms with Crippen LogP contribution >= 0.6 is 23.8 Å². The van der Waals surface area contributed by atoms with Crippen molar-refractivity contribution in [2.45, 2.75) is 20.0 Å². The first-order valence-corrected chi connectivity index (χ1v) is 7.18. The molecule has 0 spiro atoms. The fraction of sp³-hybridized carbons (Fsp3) is 0.188. The highest BCUT2D eigenvalue weighted by Gasteiger charge is 2.05. The Kier molecular flexibility index (Phi) is 4.99. The van der Waals surface area contributed by atoms with Gasteiger partial charge in [0, 0.05) is 5.56 Å². The Morgan fingerprint density at radius 3 is 2.35 bits per heavy atom. The molecule has 2 aromatic carbocycles. The molecule has 0 aliphatic carbocycles. The van der Waals surface area contributed by atoms with Gasteiger partial charge in [0.25, 0.3) is 0 Å². The van der Waals surface area contributed by atoms with E-state index in [9.17, 15) is 0 Å². The molecule has 2 aromatic rings. The number of rotatable bonds is 5. The van der Waals surface area contributed by atoms with Gasteiger partial charge >= 0.3 is 0 Å². The molecule has 20 heavy (non-hydrogen) atoms. The first-order chi connectivity index (χ1) is 9.60. The second-order valence-electron chi connectivity index (χ2n) is 4.47. The third-order valence-electron chi connectivity index (χ3n) is 3.04. The van der Waals surface area contributed by atoms with E-state index in [1.54, 1.807) is 12.1 Å². The summed E-state index contributed by atoms with van der Waals surface area (Å²) in [6, 6.07) is 13.7. The first kappa shape index (κ1) is 14.8. The molecule has 0 atom stereocenters. The van der Waals surface area contributed by atoms with Gasteiger partial charge in [-0.3, -0.25) is 0 Å². The lowest BCUT2D eigenvalue weighted by molar-refractivity contribution is 0.306. The van der Waals surface area contributed by atoms with Crippen LogP contribution in [0.1, 0.15) is 23.6 Å². The lowest BCUT2D eigenvalue weighted by Crippen LogP contribution is -2.09. The summed E-state index contributed by atoms with van der Waals surface area (Å²) in [4.78, 5) is 0.327. The average molecular weight is 306 g/mol. The minimum Gasteiger partial charge on any atom is -0.487 e. The summed E-state index contributed by atoms with van der Waals surface area (Å²) >= 11 is 11.1. The number of benzene rings is 2. The molecule has 104 valence electrons. The molecule has 0 saturated carbocycles. The van der Waals surface area contributed by atoms with E-state index in [-0.39, 0.29) is 0 Å². The predicted octanol–water partition coefficient (Wildman–Crippen LogP) is 4.12. The Morgan fingerprint density at radius 1 is 1.15 bits per heavy atom. The molecule has 0 aromatic heterocycles. The molecule has 0 aliphatic heterocycles. The molecule has 0 aliphatic rings. The summed E-state index contributed by atoms with van der Waals surface area (Å²) < 4.78 is 5.72. The second kappa shape index (κ2) is 6.73. The number of halogens is 1. The van der Waals surface area contributed by atoms with E-state index in [1.165, 1.54) is 5.56 Å². The van der Waals surface area contributed by atoms with Crippen molar-refractivity contribution < 1.29 is 4.74 Å². The maximum Gasteiger partial charge on any atom is 0.138 e. The van der Waals surface area contributed by atoms with Crippen LogP contribution in [-0.4, -0.2) is 4.99 Å². The molecule has 0 saturated heterocycles. The Bertz CT molecular complexity index is 610. The summed E-state index contributed by atoms with van der Waals surface area (Å²) in [6.07, 6.45) is 1.04. The predicted molar refractivity (Wildman–Crippen MR) is 87.5 cm³/mol. The molecule has 2 N–H and O–H groups in total. The minimum atomic E-state index is 0.327. The smallest absolute Gasteiger partial charge is 0.138 e. The van der Waals surface area contributed by atoms with Crippen molar-refractivity contribution >= 4 is 28.8 Å². The van der Waals surface area contributed by atoms with Crippen molar-refractivity contribution in [3.63, 3.8) is 0 Å². The molecule has 0 amide bonds. The van der Waals surface area contributed by atoms with Gasteiger partial charge in [-0.05, 0) is 35.7 Å². The summed E-state index contributed by atoms with van der Waals surface area (Å²) in [5, 5.41) is 0.514. The molecule has 4 heteroatoms. The van der Waals surface area contributed by atoms with Crippen LogP contribution in [0, 0.1) is 0 Å². The lowest BCUT2D eigenvalue weighted by atomic mass is 10.1. The molecule has 2 rings (SSSR count). The maximum absolute atomic E-state index is 6.15. The average Bonchev–Trinajstić information content (AvgIpc) is 2.46. The highest BCUT2D eigenvalue weighted by molar-refractivity contribution is 7.80. The van der Waals surface area contributed by atoms with Gasteiger partial charge in [0.05, 0.1) is 5.02 Å². The minimum absolute atomic E-state index is 0.327. The zero-order chi connectivity index (χ0) is 14.5. The summed E-state index contributed by atoms with van der Waals surface area (Å²) in [5.74, 6) is 0.631. The van der Waals surface area contributed by atoms with Crippen molar-refractivity contribution in [1.82, 2.24) is 0 Å². The van der Waals surface area contributed by atoms with E-state index in [4.69, 9.17) is 34.3 Å². The van der Waals surface area contributed by atoms with Crippen LogP contribution in [0.15, 0.2) is 42.5 Å². The van der Waals surface area contributed by atoms with Crippen LogP contribution in [0.2, 0.25) is 5.02 Å². The van der Waals surface area contributed by atoms with E-state index in [0.29, 0.717) is 22.4 Å². The molecular formula is C16H16ClNOS. The summed E-state index contributed by atoms with van der Waals surface area (Å²) in [6.45, 7) is 2.62. The molecule has 0 unspecified atom stereocenters. The van der Waals surface area contributed by atoms with Gasteiger partial charge in [-0.1, -0.05) is 55.0 Å². The summed E-state index contributed by atoms with van der Waals surface area (Å²) in [7, 11) is 0. The van der Waals surface area contributed by atoms with Crippen molar-refractivity contribution in [1.29, 1.82) is 0 Å². The number of ether oxygens (including phenoxy) is 1. The van der Waals surface area contributed by atoms with Crippen LogP contribution in [0.5, 0.6) is 5.75 Å². The van der Waals surface area contributed by atoms with Crippen molar-refractivity contribution in [3.8, 4) is 5.75 Å². The van der Waals surface area contributed by atoms with E-state index in [1.807, 2.05) is 6.07 Å². The Balaban J connectivity index is 2.04. The monoisotopic (exact) mass is 305 g/mol. The Hall–Kier alpha value is -1.58. The van der Waals surface area contributed by atoms with Gasteiger partial charge in [0.2, 0.25) is 0 Å². The van der Waals surface area contributed by atoms with Crippen molar-refractivity contribution in [2.24, 2.45) is 5.73 Å². The second-order valence-corrected chi connectivity index (χ2v) is 5.32. The molecular weight excluding hydrogens is 290 g/mol. The van der Waals surface area contributed by atoms with E-state index in [0.717, 1.165) is 17.5 Å². The molecule has 2 nitrogen and oxygen atoms in total. The molecule has 0 radical (unpaired) electrons. The number of hydrogen-bond donors (Lipinski definition) is 1. The van der Waals surface area contributed by atoms with Gasteiger partial charge in [0.15, 0.2) is 0 Å². The SMILES string of the molecule is CCc1ccc(COc2ccc(C(N)=S)cc2Cl)cc1. The lowest BCUT2D eigenvalue weighted by Gasteiger charge is -2.09. The van der Waals surface area contributed by atoms with Gasteiger partial charge < -0.3 is 10.5 Å². The normalized spacial score (nSPS) is 10.3. The number of aryl methyl sites for hydroxylation is 1. The van der Waals surface area contributed by atoms with Gasteiger partial charge in [-0.2, -0.15) is 0 Å². The van der Waals surface area contributed by atoms with E-state index >= 15 is 0 Å². The van der Waals surface area contributed by atoms with E-state index < -0.39 is 0 Å². The standard InChI is InChI=1S/C16H16ClNOS/c1-2-11-3-5-12(6-4-11)10-19-15-8-7-13(16(18)20)9-14(15)17/h3-9H,2,10H2,1H3,(H2,18,20). The molecule has 0 bridgehead atoms. The van der Waals surface area contributed by atoms with Crippen LogP contribution in [0.3, 0.4) is 0 Å². The van der Waals surface area contributed by atoms with Gasteiger partial charge in [-0.25, -0.2) is 0 Å². The van der Waals surface area contributed by atoms with Crippen molar-refractivity contribution in [2.75, 3.05) is 0 Å². The Labute approximate surface area is 129 Å². The Morgan fingerprint density at radius 2 is 1.80 bits per heavy atom. The van der Waals surface area contributed by atoms with Crippen LogP contribution in [-0.2, 0) is 13.0 Å². The summed E-state index contributed by atoms with van der Waals surface area (Å²) in [5.41, 5.74) is 8.72. The van der Waals surface area contributed by atoms with Gasteiger partial charge in [-0.15, -0.1) is 0 Å². The van der Waals surface area contributed by atoms with Crippen LogP contribution < -0.4 is 10.5 Å². The topological polar surface area (TPSA) is 35.2 Å². The van der Waals surface area contributed by atoms with Crippen LogP contribution in [0.25, 0.3) is 0 Å². The molecule has 0 heterocycles. The molecule has 0 fully saturated rings. The third kappa shape index (κ3) is 3.71. The van der Waals surface area contributed by atoms with Crippen molar-refractivity contribution in [3.05, 3.63) is 64.2 Å². The number of hydrogen-bond acceptors (Lipinski definition) is 2. The van der Waals surface area contributed by atoms with Crippen LogP contribution in [0.4, 0.5) is 0 Å². The fourth-order valence-corrected chi connectivity index (χ4v) is 2.17. The first-order valence-electron chi connectivity index (χ1n) is 6.40. The van der Waals surface area contributed by atoms with Gasteiger partial charge in [0.1, 0.15) is 17.3 Å². The zero-order valence-electron chi connectivity index (χ0n) is 11.2. The number of thiocarbonyl (C=S) groups is 1. The van der Waals surface area contributed by atoms with E-state index in [2.05, 4.69) is 31.2 Å². The highest BCUT2D eigenvalue weighted by atomic mass is 35.5. The third-order valence-corrected chi connectivity index (χ3v) is 3.57. The maximum atomic E-state index is 6.15. The largest absolute Gasteiger partial charge is 0.487 e. The number of nitrogens with two attached hydrogens (primary N) is 1. The highest BCUT2D eigenvalue weighted by Crippen LogP contribution is 2.26.